The highest BCUT2D eigenvalue weighted by Gasteiger charge is 2.07. The summed E-state index contributed by atoms with van der Waals surface area (Å²) in [6.07, 6.45) is 0.594. The molecule has 0 aliphatic heterocycles. The molecule has 1 unspecified atom stereocenters. The fourth-order valence-corrected chi connectivity index (χ4v) is 1.55. The molecular formula is C13H17ClO4. The average molecular weight is 273 g/mol. The van der Waals surface area contributed by atoms with Crippen LogP contribution in [0.4, 0.5) is 0 Å². The van der Waals surface area contributed by atoms with Crippen molar-refractivity contribution in [1.82, 2.24) is 0 Å². The lowest BCUT2D eigenvalue weighted by molar-refractivity contribution is -0.140. The van der Waals surface area contributed by atoms with Crippen LogP contribution in [-0.4, -0.2) is 36.8 Å². The molecule has 1 N–H and O–H groups in total. The molecule has 0 fully saturated rings. The monoisotopic (exact) mass is 272 g/mol. The number of rotatable bonds is 7. The highest BCUT2D eigenvalue weighted by Crippen LogP contribution is 2.15. The molecule has 0 heterocycles. The van der Waals surface area contributed by atoms with Gasteiger partial charge in [0.25, 0.3) is 0 Å². The molecule has 100 valence electrons. The summed E-state index contributed by atoms with van der Waals surface area (Å²) in [5, 5.41) is 8.95. The van der Waals surface area contributed by atoms with Crippen LogP contribution in [0.1, 0.15) is 12.0 Å². The first-order valence-corrected chi connectivity index (χ1v) is 6.22. The lowest BCUT2D eigenvalue weighted by Crippen LogP contribution is -2.22. The Bertz CT molecular complexity index is 360. The van der Waals surface area contributed by atoms with Crippen molar-refractivity contribution in [3.8, 4) is 5.75 Å². The van der Waals surface area contributed by atoms with Crippen LogP contribution in [0.25, 0.3) is 0 Å². The second kappa shape index (κ2) is 7.95. The predicted octanol–water partition coefficient (Wildman–Crippen LogP) is 1.77. The van der Waals surface area contributed by atoms with E-state index in [1.807, 2.05) is 12.1 Å². The number of halogens is 1. The van der Waals surface area contributed by atoms with E-state index in [4.69, 9.17) is 21.4 Å². The summed E-state index contributed by atoms with van der Waals surface area (Å²) in [4.78, 5) is 11.0. The summed E-state index contributed by atoms with van der Waals surface area (Å²) < 4.78 is 10.0. The van der Waals surface area contributed by atoms with E-state index in [1.54, 1.807) is 12.1 Å². The normalized spacial score (nSPS) is 11.9. The highest BCUT2D eigenvalue weighted by molar-refractivity contribution is 6.18. The summed E-state index contributed by atoms with van der Waals surface area (Å²) in [5.41, 5.74) is 1.03. The smallest absolute Gasteiger partial charge is 0.305 e. The van der Waals surface area contributed by atoms with Crippen molar-refractivity contribution in [2.75, 3.05) is 19.6 Å². The van der Waals surface area contributed by atoms with Crippen molar-refractivity contribution in [1.29, 1.82) is 0 Å². The maximum absolute atomic E-state index is 11.0. The third kappa shape index (κ3) is 4.94. The zero-order valence-electron chi connectivity index (χ0n) is 10.3. The number of ether oxygens (including phenoxy) is 2. The van der Waals surface area contributed by atoms with Crippen LogP contribution in [0.5, 0.6) is 5.75 Å². The number of aliphatic hydroxyl groups is 1. The van der Waals surface area contributed by atoms with E-state index in [0.29, 0.717) is 18.6 Å². The summed E-state index contributed by atoms with van der Waals surface area (Å²) >= 11 is 5.61. The number of aryl methyl sites for hydroxylation is 1. The third-order valence-electron chi connectivity index (χ3n) is 2.45. The van der Waals surface area contributed by atoms with E-state index in [9.17, 15) is 4.79 Å². The molecule has 0 aliphatic rings. The van der Waals surface area contributed by atoms with E-state index >= 15 is 0 Å². The maximum atomic E-state index is 11.0. The summed E-state index contributed by atoms with van der Waals surface area (Å²) in [7, 11) is 1.38. The Hall–Kier alpha value is -1.26. The number of hydrogen-bond donors (Lipinski definition) is 1. The minimum Gasteiger partial charge on any atom is -0.487 e. The van der Waals surface area contributed by atoms with Crippen molar-refractivity contribution < 1.29 is 19.4 Å². The van der Waals surface area contributed by atoms with Crippen LogP contribution in [0, 0.1) is 0 Å². The number of methoxy groups -OCH3 is 1. The number of alkyl halides is 1. The van der Waals surface area contributed by atoms with Crippen molar-refractivity contribution in [2.24, 2.45) is 0 Å². The van der Waals surface area contributed by atoms with Crippen LogP contribution >= 0.6 is 11.6 Å². The van der Waals surface area contributed by atoms with E-state index in [2.05, 4.69) is 4.74 Å². The molecule has 0 saturated carbocycles. The minimum atomic E-state index is -0.396. The van der Waals surface area contributed by atoms with Crippen LogP contribution in [0.3, 0.4) is 0 Å². The van der Waals surface area contributed by atoms with E-state index < -0.39 is 6.10 Å². The molecule has 0 amide bonds. The molecule has 0 aromatic heterocycles. The Labute approximate surface area is 111 Å². The second-order valence-electron chi connectivity index (χ2n) is 3.80. The number of carbonyl (C=O) groups is 1. The number of carbonyl (C=O) groups excluding carboxylic acids is 1. The lowest BCUT2D eigenvalue weighted by atomic mass is 10.1. The van der Waals surface area contributed by atoms with Gasteiger partial charge in [0.15, 0.2) is 0 Å². The highest BCUT2D eigenvalue weighted by atomic mass is 35.5. The Balaban J connectivity index is 2.49. The molecule has 5 heteroatoms. The molecule has 1 rings (SSSR count). The summed E-state index contributed by atoms with van der Waals surface area (Å²) in [6, 6.07) is 7.34. The molecule has 0 aliphatic carbocycles. The van der Waals surface area contributed by atoms with Gasteiger partial charge in [0.1, 0.15) is 11.9 Å². The van der Waals surface area contributed by atoms with Gasteiger partial charge in [-0.05, 0) is 24.1 Å². The van der Waals surface area contributed by atoms with Crippen LogP contribution in [-0.2, 0) is 16.0 Å². The first-order valence-electron chi connectivity index (χ1n) is 5.68. The van der Waals surface area contributed by atoms with Crippen molar-refractivity contribution in [3.63, 3.8) is 0 Å². The third-order valence-corrected chi connectivity index (χ3v) is 2.79. The standard InChI is InChI=1S/C13H17ClO4/c1-17-13(16)7-4-10-2-5-11(6-3-10)18-12(8-14)9-15/h2-3,5-6,12,15H,4,7-9H2,1H3. The Morgan fingerprint density at radius 3 is 2.56 bits per heavy atom. The first-order chi connectivity index (χ1) is 8.69. The van der Waals surface area contributed by atoms with Gasteiger partial charge in [-0.3, -0.25) is 4.79 Å². The molecule has 18 heavy (non-hydrogen) atoms. The lowest BCUT2D eigenvalue weighted by Gasteiger charge is -2.14. The van der Waals surface area contributed by atoms with Crippen LogP contribution in [0.2, 0.25) is 0 Å². The Morgan fingerprint density at radius 2 is 2.06 bits per heavy atom. The number of hydrogen-bond acceptors (Lipinski definition) is 4. The van der Waals surface area contributed by atoms with E-state index in [-0.39, 0.29) is 18.5 Å². The SMILES string of the molecule is COC(=O)CCc1ccc(OC(CO)CCl)cc1. The molecule has 4 nitrogen and oxygen atoms in total. The van der Waals surface area contributed by atoms with Gasteiger partial charge >= 0.3 is 5.97 Å². The van der Waals surface area contributed by atoms with Gasteiger partial charge in [0.2, 0.25) is 0 Å². The fraction of sp³-hybridized carbons (Fsp3) is 0.462. The van der Waals surface area contributed by atoms with Gasteiger partial charge in [-0.1, -0.05) is 12.1 Å². The van der Waals surface area contributed by atoms with Crippen LogP contribution < -0.4 is 4.74 Å². The molecule has 1 aromatic carbocycles. The molecular weight excluding hydrogens is 256 g/mol. The zero-order chi connectivity index (χ0) is 13.4. The van der Waals surface area contributed by atoms with Gasteiger partial charge in [-0.25, -0.2) is 0 Å². The zero-order valence-corrected chi connectivity index (χ0v) is 11.0. The van der Waals surface area contributed by atoms with Crippen molar-refractivity contribution in [3.05, 3.63) is 29.8 Å². The Morgan fingerprint density at radius 1 is 1.39 bits per heavy atom. The van der Waals surface area contributed by atoms with E-state index in [0.717, 1.165) is 5.56 Å². The van der Waals surface area contributed by atoms with Gasteiger partial charge in [0.05, 0.1) is 19.6 Å². The van der Waals surface area contributed by atoms with Crippen LogP contribution in [0.15, 0.2) is 24.3 Å². The van der Waals surface area contributed by atoms with Gasteiger partial charge < -0.3 is 14.6 Å². The van der Waals surface area contributed by atoms with Gasteiger partial charge in [0, 0.05) is 6.42 Å². The number of esters is 1. The second-order valence-corrected chi connectivity index (χ2v) is 4.11. The predicted molar refractivity (Wildman–Crippen MR) is 69.0 cm³/mol. The van der Waals surface area contributed by atoms with Crippen molar-refractivity contribution in [2.45, 2.75) is 18.9 Å². The average Bonchev–Trinajstić information content (AvgIpc) is 2.43. The number of aliphatic hydroxyl groups excluding tert-OH is 1. The molecule has 0 bridgehead atoms. The molecule has 0 radical (unpaired) electrons. The summed E-state index contributed by atoms with van der Waals surface area (Å²) in [5.74, 6) is 0.662. The topological polar surface area (TPSA) is 55.8 Å². The summed E-state index contributed by atoms with van der Waals surface area (Å²) in [6.45, 7) is -0.117. The number of benzene rings is 1. The minimum absolute atomic E-state index is 0.117. The van der Waals surface area contributed by atoms with E-state index in [1.165, 1.54) is 7.11 Å². The van der Waals surface area contributed by atoms with Gasteiger partial charge in [-0.2, -0.15) is 0 Å². The molecule has 1 atom stereocenters. The largest absolute Gasteiger partial charge is 0.487 e. The molecule has 1 aromatic rings. The molecule has 0 spiro atoms. The van der Waals surface area contributed by atoms with Crippen molar-refractivity contribution >= 4 is 17.6 Å². The molecule has 0 saturated heterocycles. The van der Waals surface area contributed by atoms with Gasteiger partial charge in [-0.15, -0.1) is 11.6 Å². The maximum Gasteiger partial charge on any atom is 0.305 e. The fourth-order valence-electron chi connectivity index (χ4n) is 1.39. The Kier molecular flexibility index (Phi) is 6.54. The first kappa shape index (κ1) is 14.8. The quantitative estimate of drug-likeness (QED) is 0.607.